The van der Waals surface area contributed by atoms with Gasteiger partial charge in [0.1, 0.15) is 11.3 Å². The fraction of sp³-hybridized carbons (Fsp3) is 0.0345. The Hall–Kier alpha value is -4.66. The lowest BCUT2D eigenvalue weighted by atomic mass is 10.1. The average molecular weight is 560 g/mol. The monoisotopic (exact) mass is 559 g/mol. The van der Waals surface area contributed by atoms with Crippen LogP contribution in [0.4, 0.5) is 5.69 Å². The number of ether oxygens (including phenoxy) is 1. The second kappa shape index (κ2) is 11.4. The Morgan fingerprint density at radius 3 is 2.46 bits per heavy atom. The van der Waals surface area contributed by atoms with Gasteiger partial charge in [-0.2, -0.15) is 5.10 Å². The summed E-state index contributed by atoms with van der Waals surface area (Å²) in [5.74, 6) is -1.39. The molecular weight excluding hydrogens is 541 g/mol. The van der Waals surface area contributed by atoms with E-state index in [1.807, 2.05) is 42.5 Å². The second-order valence-corrected chi connectivity index (χ2v) is 9.10. The summed E-state index contributed by atoms with van der Waals surface area (Å²) < 4.78 is 12.1. The fourth-order valence-electron chi connectivity index (χ4n) is 3.79. The molecule has 0 aliphatic heterocycles. The predicted octanol–water partition coefficient (Wildman–Crippen LogP) is 6.15. The summed E-state index contributed by atoms with van der Waals surface area (Å²) in [6, 6.07) is 22.9. The maximum Gasteiger partial charge on any atom is 0.345 e. The van der Waals surface area contributed by atoms with Crippen molar-refractivity contribution in [3.05, 3.63) is 117 Å². The van der Waals surface area contributed by atoms with Crippen LogP contribution in [0, 0.1) is 0 Å². The Bertz CT molecular complexity index is 1760. The third kappa shape index (κ3) is 5.93. The first-order valence-electron chi connectivity index (χ1n) is 11.7. The summed E-state index contributed by atoms with van der Waals surface area (Å²) in [5.41, 5.74) is 1.86. The molecule has 0 fully saturated rings. The molecule has 194 valence electrons. The third-order valence-corrected chi connectivity index (χ3v) is 6.26. The number of fused-ring (bicyclic) bond motifs is 1. The van der Waals surface area contributed by atoms with Gasteiger partial charge < -0.3 is 14.5 Å². The number of amides is 1. The zero-order valence-corrected chi connectivity index (χ0v) is 21.6. The number of aromatic nitrogens is 2. The van der Waals surface area contributed by atoms with Crippen molar-refractivity contribution in [2.45, 2.75) is 0 Å². The maximum absolute atomic E-state index is 12.9. The summed E-state index contributed by atoms with van der Waals surface area (Å²) in [4.78, 5) is 37.5. The van der Waals surface area contributed by atoms with Gasteiger partial charge in [0, 0.05) is 23.2 Å². The Balaban J connectivity index is 1.39. The van der Waals surface area contributed by atoms with Gasteiger partial charge in [0.15, 0.2) is 6.61 Å². The number of para-hydroxylation sites is 3. The van der Waals surface area contributed by atoms with Crippen molar-refractivity contribution in [1.29, 1.82) is 0 Å². The van der Waals surface area contributed by atoms with Crippen LogP contribution in [0.3, 0.4) is 0 Å². The van der Waals surface area contributed by atoms with Crippen LogP contribution in [0.5, 0.6) is 0 Å². The molecule has 0 atom stereocenters. The molecule has 3 aromatic carbocycles. The predicted molar refractivity (Wildman–Crippen MR) is 150 cm³/mol. The zero-order chi connectivity index (χ0) is 27.4. The van der Waals surface area contributed by atoms with Crippen molar-refractivity contribution in [2.75, 3.05) is 11.9 Å². The normalized spacial score (nSPS) is 11.1. The Morgan fingerprint density at radius 1 is 0.974 bits per heavy atom. The lowest BCUT2D eigenvalue weighted by Gasteiger charge is -2.08. The Morgan fingerprint density at radius 2 is 1.69 bits per heavy atom. The van der Waals surface area contributed by atoms with Gasteiger partial charge in [0.25, 0.3) is 5.91 Å². The molecule has 2 heterocycles. The van der Waals surface area contributed by atoms with Crippen molar-refractivity contribution >= 4 is 57.8 Å². The lowest BCUT2D eigenvalue weighted by molar-refractivity contribution is -0.142. The number of hydrogen-bond acceptors (Lipinski definition) is 6. The molecular formula is C29H19Cl2N3O5. The molecule has 0 aliphatic carbocycles. The van der Waals surface area contributed by atoms with Crippen LogP contribution >= 0.6 is 23.2 Å². The lowest BCUT2D eigenvalue weighted by Crippen LogP contribution is -2.20. The summed E-state index contributed by atoms with van der Waals surface area (Å²) in [6.07, 6.45) is 4.28. The number of carbonyl (C=O) groups excluding carboxylic acids is 2. The van der Waals surface area contributed by atoms with Gasteiger partial charge in [-0.15, -0.1) is 0 Å². The van der Waals surface area contributed by atoms with Crippen LogP contribution in [0.25, 0.3) is 34.0 Å². The number of hydrogen-bond donors (Lipinski definition) is 1. The largest absolute Gasteiger partial charge is 0.452 e. The fourth-order valence-corrected chi connectivity index (χ4v) is 4.29. The van der Waals surface area contributed by atoms with E-state index in [-0.39, 0.29) is 21.3 Å². The molecule has 0 radical (unpaired) electrons. The molecule has 5 rings (SSSR count). The molecule has 2 aromatic heterocycles. The highest BCUT2D eigenvalue weighted by Crippen LogP contribution is 2.30. The van der Waals surface area contributed by atoms with Crippen molar-refractivity contribution < 1.29 is 18.7 Å². The van der Waals surface area contributed by atoms with Crippen LogP contribution in [0.2, 0.25) is 10.0 Å². The number of carbonyl (C=O) groups is 2. The van der Waals surface area contributed by atoms with E-state index in [1.165, 1.54) is 6.08 Å². The highest BCUT2D eigenvalue weighted by atomic mass is 35.5. The molecule has 1 N–H and O–H groups in total. The first-order chi connectivity index (χ1) is 18.9. The highest BCUT2D eigenvalue weighted by molar-refractivity contribution is 6.39. The number of nitrogens with zero attached hydrogens (tertiary/aromatic N) is 2. The molecule has 0 bridgehead atoms. The number of esters is 1. The molecule has 0 unspecified atom stereocenters. The topological polar surface area (TPSA) is 103 Å². The SMILES string of the molecule is O=C(COC(=O)/C=C/c1cn(-c2ccccc2)nc1-c1cc2ccccc2oc1=O)Nc1c(Cl)cccc1Cl. The van der Waals surface area contributed by atoms with E-state index in [0.717, 1.165) is 17.1 Å². The van der Waals surface area contributed by atoms with E-state index in [9.17, 15) is 14.4 Å². The van der Waals surface area contributed by atoms with E-state index >= 15 is 0 Å². The quantitative estimate of drug-likeness (QED) is 0.146. The molecule has 0 saturated carbocycles. The molecule has 1 amide bonds. The standard InChI is InChI=1S/C29H19Cl2N3O5/c30-22-10-6-11-23(31)28(22)32-25(35)17-38-26(36)14-13-19-16-34(20-8-2-1-3-9-20)33-27(19)21-15-18-7-4-5-12-24(18)39-29(21)37/h1-16H,17H2,(H,32,35)/b14-13+. The average Bonchev–Trinajstić information content (AvgIpc) is 3.37. The van der Waals surface area contributed by atoms with Crippen LogP contribution in [-0.2, 0) is 14.3 Å². The van der Waals surface area contributed by atoms with E-state index in [2.05, 4.69) is 10.4 Å². The summed E-state index contributed by atoms with van der Waals surface area (Å²) in [5, 5.41) is 8.34. The summed E-state index contributed by atoms with van der Waals surface area (Å²) >= 11 is 12.1. The number of halogens is 2. The number of nitrogens with one attached hydrogen (secondary N) is 1. The van der Waals surface area contributed by atoms with Crippen molar-refractivity contribution in [3.63, 3.8) is 0 Å². The van der Waals surface area contributed by atoms with Crippen LogP contribution in [0.1, 0.15) is 5.56 Å². The van der Waals surface area contributed by atoms with E-state index in [0.29, 0.717) is 16.8 Å². The summed E-state index contributed by atoms with van der Waals surface area (Å²) in [6.45, 7) is -0.560. The molecule has 0 saturated heterocycles. The van der Waals surface area contributed by atoms with Gasteiger partial charge in [-0.25, -0.2) is 14.3 Å². The molecule has 0 spiro atoms. The van der Waals surface area contributed by atoms with E-state index in [1.54, 1.807) is 47.3 Å². The van der Waals surface area contributed by atoms with Crippen molar-refractivity contribution in [2.24, 2.45) is 0 Å². The van der Waals surface area contributed by atoms with Gasteiger partial charge in [-0.1, -0.05) is 65.7 Å². The first kappa shape index (κ1) is 26.0. The van der Waals surface area contributed by atoms with Crippen LogP contribution < -0.4 is 10.9 Å². The van der Waals surface area contributed by atoms with Gasteiger partial charge in [0.2, 0.25) is 0 Å². The minimum Gasteiger partial charge on any atom is -0.452 e. The van der Waals surface area contributed by atoms with E-state index in [4.69, 9.17) is 32.4 Å². The third-order valence-electron chi connectivity index (χ3n) is 5.63. The minimum absolute atomic E-state index is 0.226. The van der Waals surface area contributed by atoms with E-state index < -0.39 is 24.1 Å². The van der Waals surface area contributed by atoms with Crippen LogP contribution in [0.15, 0.2) is 100 Å². The smallest absolute Gasteiger partial charge is 0.345 e. The van der Waals surface area contributed by atoms with Crippen LogP contribution in [-0.4, -0.2) is 28.3 Å². The zero-order valence-electron chi connectivity index (χ0n) is 20.1. The van der Waals surface area contributed by atoms with Gasteiger partial charge in [-0.05, 0) is 42.5 Å². The second-order valence-electron chi connectivity index (χ2n) is 8.28. The molecule has 39 heavy (non-hydrogen) atoms. The minimum atomic E-state index is -0.778. The number of benzene rings is 3. The van der Waals surface area contributed by atoms with Gasteiger partial charge in [-0.3, -0.25) is 4.79 Å². The first-order valence-corrected chi connectivity index (χ1v) is 12.4. The summed E-state index contributed by atoms with van der Waals surface area (Å²) in [7, 11) is 0. The molecule has 8 nitrogen and oxygen atoms in total. The Kier molecular flexibility index (Phi) is 7.58. The molecule has 5 aromatic rings. The van der Waals surface area contributed by atoms with Gasteiger partial charge >= 0.3 is 11.6 Å². The van der Waals surface area contributed by atoms with Gasteiger partial charge in [0.05, 0.1) is 27.0 Å². The Labute approximate surface area is 232 Å². The molecule has 10 heteroatoms. The highest BCUT2D eigenvalue weighted by Gasteiger charge is 2.17. The number of rotatable bonds is 7. The maximum atomic E-state index is 12.9. The number of anilines is 1. The van der Waals surface area contributed by atoms with Crippen molar-refractivity contribution in [1.82, 2.24) is 9.78 Å². The van der Waals surface area contributed by atoms with Crippen molar-refractivity contribution in [3.8, 4) is 16.9 Å². The molecule has 0 aliphatic rings.